The molecular formula is C20H26ClNO3. The Morgan fingerprint density at radius 2 is 1.68 bits per heavy atom. The van der Waals surface area contributed by atoms with E-state index < -0.39 is 0 Å². The molecule has 0 radical (unpaired) electrons. The molecule has 2 rings (SSSR count). The molecule has 0 amide bonds. The van der Waals surface area contributed by atoms with Crippen LogP contribution >= 0.6 is 12.4 Å². The van der Waals surface area contributed by atoms with E-state index in [1.54, 1.807) is 14.2 Å². The van der Waals surface area contributed by atoms with Gasteiger partial charge in [-0.15, -0.1) is 19.0 Å². The number of hydrogen-bond acceptors (Lipinski definition) is 4. The summed E-state index contributed by atoms with van der Waals surface area (Å²) < 4.78 is 16.8. The van der Waals surface area contributed by atoms with Crippen LogP contribution in [0.1, 0.15) is 30.0 Å². The highest BCUT2D eigenvalue weighted by molar-refractivity contribution is 5.85. The van der Waals surface area contributed by atoms with E-state index >= 15 is 0 Å². The van der Waals surface area contributed by atoms with Crippen LogP contribution in [0.4, 0.5) is 0 Å². The first-order valence-electron chi connectivity index (χ1n) is 7.98. The van der Waals surface area contributed by atoms with Crippen LogP contribution in [0.15, 0.2) is 55.1 Å². The van der Waals surface area contributed by atoms with E-state index in [-0.39, 0.29) is 18.4 Å². The van der Waals surface area contributed by atoms with Gasteiger partial charge in [-0.2, -0.15) is 0 Å². The second-order valence-corrected chi connectivity index (χ2v) is 5.49. The molecule has 136 valence electrons. The molecule has 1 atom stereocenters. The van der Waals surface area contributed by atoms with Crippen molar-refractivity contribution < 1.29 is 14.2 Å². The minimum absolute atomic E-state index is 0. The number of rotatable bonds is 9. The fourth-order valence-corrected chi connectivity index (χ4v) is 2.48. The van der Waals surface area contributed by atoms with Crippen molar-refractivity contribution in [1.29, 1.82) is 0 Å². The van der Waals surface area contributed by atoms with Crippen molar-refractivity contribution in [3.63, 3.8) is 0 Å². The summed E-state index contributed by atoms with van der Waals surface area (Å²) in [6.45, 7) is 4.22. The molecule has 4 nitrogen and oxygen atoms in total. The number of halogens is 1. The fraction of sp³-hybridized carbons (Fsp3) is 0.300. The summed E-state index contributed by atoms with van der Waals surface area (Å²) in [6.07, 6.45) is 3.50. The highest BCUT2D eigenvalue weighted by Gasteiger charge is 2.17. The van der Waals surface area contributed by atoms with Gasteiger partial charge in [-0.3, -0.25) is 0 Å². The Hall–Kier alpha value is -2.17. The number of benzene rings is 2. The van der Waals surface area contributed by atoms with Crippen LogP contribution in [0.2, 0.25) is 0 Å². The zero-order valence-corrected chi connectivity index (χ0v) is 15.6. The summed E-state index contributed by atoms with van der Waals surface area (Å²) in [5.41, 5.74) is 8.34. The molecule has 0 fully saturated rings. The molecule has 0 heterocycles. The molecule has 0 aromatic heterocycles. The zero-order valence-electron chi connectivity index (χ0n) is 14.7. The van der Waals surface area contributed by atoms with Crippen LogP contribution in [0.25, 0.3) is 0 Å². The first kappa shape index (κ1) is 20.9. The molecule has 0 aliphatic carbocycles. The summed E-state index contributed by atoms with van der Waals surface area (Å²) >= 11 is 0. The lowest BCUT2D eigenvalue weighted by molar-refractivity contribution is 0.294. The maximum atomic E-state index is 6.34. The Balaban J connectivity index is 0.00000312. The van der Waals surface area contributed by atoms with Gasteiger partial charge in [0.2, 0.25) is 0 Å². The number of allylic oxidation sites excluding steroid dienone is 1. The minimum atomic E-state index is -0.159. The van der Waals surface area contributed by atoms with Crippen molar-refractivity contribution in [2.75, 3.05) is 14.2 Å². The van der Waals surface area contributed by atoms with Crippen molar-refractivity contribution >= 4 is 12.4 Å². The molecule has 0 bridgehead atoms. The predicted octanol–water partition coefficient (Wildman–Crippen LogP) is 4.67. The van der Waals surface area contributed by atoms with Gasteiger partial charge in [0.15, 0.2) is 11.5 Å². The number of methoxy groups -OCH3 is 2. The van der Waals surface area contributed by atoms with Crippen LogP contribution < -0.4 is 19.9 Å². The average Bonchev–Trinajstić information content (AvgIpc) is 2.64. The van der Waals surface area contributed by atoms with Gasteiger partial charge in [0.1, 0.15) is 12.4 Å². The molecular weight excluding hydrogens is 338 g/mol. The van der Waals surface area contributed by atoms with E-state index in [1.807, 2.05) is 48.5 Å². The third-order valence-corrected chi connectivity index (χ3v) is 3.83. The van der Waals surface area contributed by atoms with Crippen molar-refractivity contribution in [1.82, 2.24) is 0 Å². The lowest BCUT2D eigenvalue weighted by Gasteiger charge is -2.19. The Kier molecular flexibility index (Phi) is 8.89. The number of ether oxygens (including phenoxy) is 3. The van der Waals surface area contributed by atoms with E-state index in [1.165, 1.54) is 0 Å². The second kappa shape index (κ2) is 10.6. The predicted molar refractivity (Wildman–Crippen MR) is 104 cm³/mol. The van der Waals surface area contributed by atoms with E-state index in [9.17, 15) is 0 Å². The van der Waals surface area contributed by atoms with E-state index in [4.69, 9.17) is 19.9 Å². The quantitative estimate of drug-likeness (QED) is 0.658. The van der Waals surface area contributed by atoms with Gasteiger partial charge < -0.3 is 19.9 Å². The molecule has 0 aliphatic heterocycles. The molecule has 5 heteroatoms. The van der Waals surface area contributed by atoms with E-state index in [0.29, 0.717) is 23.9 Å². The molecule has 0 unspecified atom stereocenters. The van der Waals surface area contributed by atoms with Crippen LogP contribution in [0, 0.1) is 0 Å². The van der Waals surface area contributed by atoms with Gasteiger partial charge in [0.25, 0.3) is 0 Å². The first-order valence-corrected chi connectivity index (χ1v) is 7.98. The summed E-state index contributed by atoms with van der Waals surface area (Å²) in [5.74, 6) is 1.99. The second-order valence-electron chi connectivity index (χ2n) is 5.49. The Morgan fingerprint density at radius 3 is 2.28 bits per heavy atom. The molecule has 2 aromatic rings. The summed E-state index contributed by atoms with van der Waals surface area (Å²) in [7, 11) is 3.22. The molecule has 0 saturated heterocycles. The zero-order chi connectivity index (χ0) is 17.4. The molecule has 2 N–H and O–H groups in total. The van der Waals surface area contributed by atoms with Crippen LogP contribution in [-0.2, 0) is 6.61 Å². The minimum Gasteiger partial charge on any atom is -0.493 e. The average molecular weight is 364 g/mol. The third kappa shape index (κ3) is 5.69. The number of nitrogens with two attached hydrogens (primary N) is 1. The van der Waals surface area contributed by atoms with Crippen LogP contribution in [0.5, 0.6) is 17.2 Å². The van der Waals surface area contributed by atoms with Crippen LogP contribution in [-0.4, -0.2) is 14.2 Å². The monoisotopic (exact) mass is 363 g/mol. The lowest BCUT2D eigenvalue weighted by Crippen LogP contribution is -2.12. The SMILES string of the molecule is C=CCC[C@H](N)c1cc(OC)c(OC)cc1OCc1ccccc1.Cl. The maximum absolute atomic E-state index is 6.34. The maximum Gasteiger partial charge on any atom is 0.164 e. The number of hydrogen-bond donors (Lipinski definition) is 1. The van der Waals surface area contributed by atoms with Gasteiger partial charge in [0, 0.05) is 17.7 Å². The van der Waals surface area contributed by atoms with Crippen molar-refractivity contribution in [2.45, 2.75) is 25.5 Å². The smallest absolute Gasteiger partial charge is 0.164 e. The molecule has 0 saturated carbocycles. The summed E-state index contributed by atoms with van der Waals surface area (Å²) in [6, 6.07) is 13.6. The van der Waals surface area contributed by atoms with Gasteiger partial charge in [-0.05, 0) is 24.5 Å². The van der Waals surface area contributed by atoms with Gasteiger partial charge in [-0.25, -0.2) is 0 Å². The Labute approximate surface area is 156 Å². The van der Waals surface area contributed by atoms with Gasteiger partial charge in [0.05, 0.1) is 14.2 Å². The topological polar surface area (TPSA) is 53.7 Å². The molecule has 0 aliphatic rings. The lowest BCUT2D eigenvalue weighted by atomic mass is 10.0. The molecule has 25 heavy (non-hydrogen) atoms. The van der Waals surface area contributed by atoms with E-state index in [0.717, 1.165) is 24.0 Å². The normalized spacial score (nSPS) is 11.2. The standard InChI is InChI=1S/C20H25NO3.ClH/c1-4-5-11-17(21)16-12-19(22-2)20(23-3)13-18(16)24-14-15-9-7-6-8-10-15;/h4,6-10,12-13,17H,1,5,11,14,21H2,2-3H3;1H/t17-;/m0./s1. The van der Waals surface area contributed by atoms with Crippen molar-refractivity contribution in [2.24, 2.45) is 5.73 Å². The fourth-order valence-electron chi connectivity index (χ4n) is 2.48. The van der Waals surface area contributed by atoms with E-state index in [2.05, 4.69) is 6.58 Å². The summed E-state index contributed by atoms with van der Waals surface area (Å²) in [4.78, 5) is 0. The van der Waals surface area contributed by atoms with Crippen molar-refractivity contribution in [3.05, 3.63) is 66.2 Å². The van der Waals surface area contributed by atoms with Gasteiger partial charge in [-0.1, -0.05) is 36.4 Å². The Bertz CT molecular complexity index is 661. The summed E-state index contributed by atoms with van der Waals surface area (Å²) in [5, 5.41) is 0. The first-order chi connectivity index (χ1) is 11.7. The highest BCUT2D eigenvalue weighted by atomic mass is 35.5. The molecule has 2 aromatic carbocycles. The van der Waals surface area contributed by atoms with Gasteiger partial charge >= 0.3 is 0 Å². The highest BCUT2D eigenvalue weighted by Crippen LogP contribution is 2.38. The Morgan fingerprint density at radius 1 is 1.04 bits per heavy atom. The van der Waals surface area contributed by atoms with Crippen LogP contribution in [0.3, 0.4) is 0 Å². The van der Waals surface area contributed by atoms with Crippen molar-refractivity contribution in [3.8, 4) is 17.2 Å². The third-order valence-electron chi connectivity index (χ3n) is 3.83. The molecule has 0 spiro atoms. The largest absolute Gasteiger partial charge is 0.493 e.